The van der Waals surface area contributed by atoms with Gasteiger partial charge in [0.1, 0.15) is 11.6 Å². The van der Waals surface area contributed by atoms with Crippen LogP contribution in [0.25, 0.3) is 0 Å². The average Bonchev–Trinajstić information content (AvgIpc) is 2.70. The van der Waals surface area contributed by atoms with Crippen LogP contribution in [0.5, 0.6) is 0 Å². The van der Waals surface area contributed by atoms with Crippen LogP contribution in [-0.4, -0.2) is 11.6 Å². The Balaban J connectivity index is 1.68. The van der Waals surface area contributed by atoms with Gasteiger partial charge in [-0.2, -0.15) is 0 Å². The Bertz CT molecular complexity index is 524. The van der Waals surface area contributed by atoms with Crippen LogP contribution >= 0.6 is 0 Å². The Hall–Kier alpha value is -0.660. The molecule has 0 aromatic rings. The Morgan fingerprint density at radius 2 is 1.77 bits per heavy atom. The lowest BCUT2D eigenvalue weighted by molar-refractivity contribution is -0.145. The molecule has 0 unspecified atom stereocenters. The summed E-state index contributed by atoms with van der Waals surface area (Å²) in [6.07, 6.45) is 8.33. The highest BCUT2D eigenvalue weighted by Crippen LogP contribution is 2.66. The summed E-state index contributed by atoms with van der Waals surface area (Å²) < 4.78 is 0. The maximum absolute atomic E-state index is 12.6. The molecule has 4 fully saturated rings. The van der Waals surface area contributed by atoms with E-state index < -0.39 is 0 Å². The predicted molar refractivity (Wildman–Crippen MR) is 86.3 cm³/mol. The van der Waals surface area contributed by atoms with Crippen molar-refractivity contribution in [3.05, 3.63) is 0 Å². The lowest BCUT2D eigenvalue weighted by Crippen LogP contribution is -2.54. The van der Waals surface area contributed by atoms with E-state index in [4.69, 9.17) is 0 Å². The summed E-state index contributed by atoms with van der Waals surface area (Å²) in [6, 6.07) is 0. The molecule has 0 aromatic heterocycles. The van der Waals surface area contributed by atoms with Crippen LogP contribution in [0.15, 0.2) is 0 Å². The summed E-state index contributed by atoms with van der Waals surface area (Å²) in [7, 11) is 0. The maximum Gasteiger partial charge on any atom is 0.139 e. The largest absolute Gasteiger partial charge is 0.300 e. The first-order valence-corrected chi connectivity index (χ1v) is 9.41. The van der Waals surface area contributed by atoms with Crippen molar-refractivity contribution >= 4 is 11.6 Å². The third-order valence-electron chi connectivity index (χ3n) is 8.49. The van der Waals surface area contributed by atoms with E-state index in [1.165, 1.54) is 19.3 Å². The lowest BCUT2D eigenvalue weighted by Gasteiger charge is -2.59. The van der Waals surface area contributed by atoms with Gasteiger partial charge in [-0.25, -0.2) is 0 Å². The molecule has 0 radical (unpaired) electrons. The number of Topliss-reactive ketones (excluding diaryl/α,β-unsaturated/α-hetero) is 2. The molecule has 0 heterocycles. The summed E-state index contributed by atoms with van der Waals surface area (Å²) in [5.74, 6) is 4.30. The van der Waals surface area contributed by atoms with Crippen molar-refractivity contribution in [3.63, 3.8) is 0 Å². The van der Waals surface area contributed by atoms with Crippen molar-refractivity contribution in [1.82, 2.24) is 0 Å². The summed E-state index contributed by atoms with van der Waals surface area (Å²) in [5, 5.41) is 0. The molecule has 22 heavy (non-hydrogen) atoms. The van der Waals surface area contributed by atoms with Crippen molar-refractivity contribution in [1.29, 1.82) is 0 Å². The fourth-order valence-electron chi connectivity index (χ4n) is 7.32. The Morgan fingerprint density at radius 1 is 1.00 bits per heavy atom. The fraction of sp³-hybridized carbons (Fsp3) is 0.900. The van der Waals surface area contributed by atoms with E-state index in [1.807, 2.05) is 0 Å². The van der Waals surface area contributed by atoms with E-state index in [9.17, 15) is 9.59 Å². The molecule has 0 amide bonds. The molecule has 0 aromatic carbocycles. The van der Waals surface area contributed by atoms with E-state index in [2.05, 4.69) is 20.8 Å². The van der Waals surface area contributed by atoms with Crippen LogP contribution in [0.3, 0.4) is 0 Å². The van der Waals surface area contributed by atoms with E-state index in [-0.39, 0.29) is 5.41 Å². The lowest BCUT2D eigenvalue weighted by atomic mass is 9.44. The van der Waals surface area contributed by atoms with E-state index in [1.54, 1.807) is 0 Å². The van der Waals surface area contributed by atoms with Crippen molar-refractivity contribution < 1.29 is 9.59 Å². The molecule has 122 valence electrons. The van der Waals surface area contributed by atoms with Gasteiger partial charge in [0.15, 0.2) is 0 Å². The van der Waals surface area contributed by atoms with Crippen LogP contribution < -0.4 is 0 Å². The summed E-state index contributed by atoms with van der Waals surface area (Å²) >= 11 is 0. The van der Waals surface area contributed by atoms with Gasteiger partial charge in [-0.1, -0.05) is 20.8 Å². The topological polar surface area (TPSA) is 34.1 Å². The molecular weight excluding hydrogens is 272 g/mol. The highest BCUT2D eigenvalue weighted by atomic mass is 16.1. The molecule has 0 bridgehead atoms. The van der Waals surface area contributed by atoms with E-state index in [0.29, 0.717) is 34.7 Å². The first-order chi connectivity index (χ1) is 10.4. The normalized spacial score (nSPS) is 54.6. The smallest absolute Gasteiger partial charge is 0.139 e. The Kier molecular flexibility index (Phi) is 3.17. The van der Waals surface area contributed by atoms with E-state index in [0.717, 1.165) is 43.9 Å². The van der Waals surface area contributed by atoms with Crippen LogP contribution in [0.2, 0.25) is 0 Å². The second-order valence-corrected chi connectivity index (χ2v) is 9.38. The molecule has 0 N–H and O–H groups in total. The SMILES string of the molecule is C[C@H]1CC(=O)[C@@]2(C)CC[C@H]3[C@@H](CC[C@@H]4CC(=O)CC[C@@]43C)[C@H]12. The van der Waals surface area contributed by atoms with Gasteiger partial charge >= 0.3 is 0 Å². The molecule has 2 nitrogen and oxygen atoms in total. The standard InChI is InChI=1S/C20H30O2/c1-12-10-17(22)20(3)9-7-16-15(18(12)20)5-4-13-11-14(21)6-8-19(13,16)2/h12-13,15-16,18H,4-11H2,1-3H3/t12-,13+,15+,16-,18-,19-,20+/m0/s1. The maximum atomic E-state index is 12.6. The third-order valence-corrected chi connectivity index (χ3v) is 8.49. The van der Waals surface area contributed by atoms with Crippen molar-refractivity contribution in [3.8, 4) is 0 Å². The average molecular weight is 302 g/mol. The van der Waals surface area contributed by atoms with Crippen LogP contribution in [0.4, 0.5) is 0 Å². The summed E-state index contributed by atoms with van der Waals surface area (Å²) in [5.41, 5.74) is 0.331. The highest BCUT2D eigenvalue weighted by Gasteiger charge is 2.61. The number of hydrogen-bond donors (Lipinski definition) is 0. The molecule has 4 aliphatic carbocycles. The zero-order valence-electron chi connectivity index (χ0n) is 14.4. The number of hydrogen-bond acceptors (Lipinski definition) is 2. The molecule has 7 atom stereocenters. The summed E-state index contributed by atoms with van der Waals surface area (Å²) in [4.78, 5) is 24.5. The minimum atomic E-state index is -0.0335. The third kappa shape index (κ3) is 1.79. The van der Waals surface area contributed by atoms with Gasteiger partial charge in [-0.3, -0.25) is 9.59 Å². The molecule has 4 rings (SSSR count). The molecular formula is C20H30O2. The quantitative estimate of drug-likeness (QED) is 0.664. The molecule has 0 saturated heterocycles. The van der Waals surface area contributed by atoms with E-state index >= 15 is 0 Å². The first-order valence-electron chi connectivity index (χ1n) is 9.41. The van der Waals surface area contributed by atoms with Gasteiger partial charge in [0.25, 0.3) is 0 Å². The number of rotatable bonds is 0. The highest BCUT2D eigenvalue weighted by molar-refractivity contribution is 5.87. The van der Waals surface area contributed by atoms with Crippen molar-refractivity contribution in [2.75, 3.05) is 0 Å². The zero-order chi connectivity index (χ0) is 15.7. The van der Waals surface area contributed by atoms with Crippen LogP contribution in [0, 0.1) is 40.4 Å². The molecule has 4 aliphatic rings. The van der Waals surface area contributed by atoms with Gasteiger partial charge in [0.05, 0.1) is 0 Å². The molecule has 4 saturated carbocycles. The second kappa shape index (κ2) is 4.68. The van der Waals surface area contributed by atoms with Crippen LogP contribution in [-0.2, 0) is 9.59 Å². The van der Waals surface area contributed by atoms with Gasteiger partial charge in [0, 0.05) is 24.7 Å². The van der Waals surface area contributed by atoms with Gasteiger partial charge in [-0.05, 0) is 67.1 Å². The van der Waals surface area contributed by atoms with Gasteiger partial charge in [0.2, 0.25) is 0 Å². The number of carbonyl (C=O) groups excluding carboxylic acids is 2. The monoisotopic (exact) mass is 302 g/mol. The Labute approximate surface area is 134 Å². The first kappa shape index (κ1) is 14.9. The van der Waals surface area contributed by atoms with Gasteiger partial charge in [-0.15, -0.1) is 0 Å². The molecule has 2 heteroatoms. The minimum absolute atomic E-state index is 0.0335. The zero-order valence-corrected chi connectivity index (χ0v) is 14.4. The van der Waals surface area contributed by atoms with Crippen molar-refractivity contribution in [2.45, 2.75) is 72.1 Å². The van der Waals surface area contributed by atoms with Crippen molar-refractivity contribution in [2.24, 2.45) is 40.4 Å². The molecule has 0 spiro atoms. The number of carbonyl (C=O) groups is 2. The fourth-order valence-corrected chi connectivity index (χ4v) is 7.32. The molecule has 0 aliphatic heterocycles. The van der Waals surface area contributed by atoms with Gasteiger partial charge < -0.3 is 0 Å². The minimum Gasteiger partial charge on any atom is -0.300 e. The predicted octanol–water partition coefficient (Wildman–Crippen LogP) is 4.41. The van der Waals surface area contributed by atoms with Crippen LogP contribution in [0.1, 0.15) is 72.1 Å². The summed E-state index contributed by atoms with van der Waals surface area (Å²) in [6.45, 7) is 7.05. The number of ketones is 2. The second-order valence-electron chi connectivity index (χ2n) is 9.38. The number of fused-ring (bicyclic) bond motifs is 5. The Morgan fingerprint density at radius 3 is 2.55 bits per heavy atom.